The second kappa shape index (κ2) is 7.55. The predicted octanol–water partition coefficient (Wildman–Crippen LogP) is 1.44. The second-order valence-corrected chi connectivity index (χ2v) is 6.94. The van der Waals surface area contributed by atoms with Gasteiger partial charge in [-0.15, -0.1) is 0 Å². The molecule has 5 amide bonds. The fraction of sp³-hybridized carbons (Fsp3) is 0.444. The Balaban J connectivity index is 1.86. The average Bonchev–Trinajstić information content (AvgIpc) is 2.75. The topological polar surface area (TPSA) is 98.8 Å². The number of carbonyl (C=O) groups excluding carboxylic acids is 4. The van der Waals surface area contributed by atoms with E-state index in [1.165, 1.54) is 4.90 Å². The molecule has 1 aliphatic rings. The molecule has 0 aliphatic carbocycles. The van der Waals surface area contributed by atoms with Crippen molar-refractivity contribution in [1.29, 1.82) is 0 Å². The van der Waals surface area contributed by atoms with Crippen molar-refractivity contribution in [3.63, 3.8) is 0 Å². The summed E-state index contributed by atoms with van der Waals surface area (Å²) < 4.78 is 0. The van der Waals surface area contributed by atoms with Gasteiger partial charge in [0.15, 0.2) is 0 Å². The normalized spacial score (nSPS) is 15.6. The van der Waals surface area contributed by atoms with Gasteiger partial charge in [0.2, 0.25) is 5.91 Å². The van der Waals surface area contributed by atoms with Gasteiger partial charge in [-0.2, -0.15) is 0 Å². The Labute approximate surface area is 152 Å². The van der Waals surface area contributed by atoms with Gasteiger partial charge in [0, 0.05) is 38.3 Å². The van der Waals surface area contributed by atoms with Crippen LogP contribution in [-0.4, -0.2) is 59.7 Å². The van der Waals surface area contributed by atoms with Crippen molar-refractivity contribution in [2.45, 2.75) is 32.2 Å². The van der Waals surface area contributed by atoms with Crippen molar-refractivity contribution >= 4 is 29.4 Å². The van der Waals surface area contributed by atoms with Crippen LogP contribution >= 0.6 is 0 Å². The molecule has 0 spiro atoms. The highest BCUT2D eigenvalue weighted by molar-refractivity contribution is 6.06. The number of hydrogen-bond acceptors (Lipinski definition) is 4. The lowest BCUT2D eigenvalue weighted by molar-refractivity contribution is -0.130. The largest absolute Gasteiger partial charge is 0.345 e. The van der Waals surface area contributed by atoms with Crippen LogP contribution in [0.1, 0.15) is 37.0 Å². The molecule has 140 valence electrons. The van der Waals surface area contributed by atoms with Crippen LogP contribution in [0.15, 0.2) is 24.3 Å². The molecule has 1 aromatic rings. The summed E-state index contributed by atoms with van der Waals surface area (Å²) in [6, 6.07) is 6.25. The fourth-order valence-electron chi connectivity index (χ4n) is 2.63. The van der Waals surface area contributed by atoms with Crippen LogP contribution < -0.4 is 10.6 Å². The number of anilines is 1. The van der Waals surface area contributed by atoms with Gasteiger partial charge in [-0.3, -0.25) is 19.3 Å². The molecule has 1 aromatic carbocycles. The highest BCUT2D eigenvalue weighted by Gasteiger charge is 2.43. The van der Waals surface area contributed by atoms with E-state index in [1.54, 1.807) is 52.2 Å². The maximum atomic E-state index is 12.1. The van der Waals surface area contributed by atoms with Crippen molar-refractivity contribution in [2.75, 3.05) is 26.0 Å². The first-order valence-electron chi connectivity index (χ1n) is 8.37. The summed E-state index contributed by atoms with van der Waals surface area (Å²) in [6.07, 6.45) is 0.515. The minimum Gasteiger partial charge on any atom is -0.345 e. The molecule has 1 aliphatic heterocycles. The number of amides is 5. The summed E-state index contributed by atoms with van der Waals surface area (Å²) in [5, 5.41) is 5.32. The van der Waals surface area contributed by atoms with Crippen LogP contribution in [0.25, 0.3) is 0 Å². The van der Waals surface area contributed by atoms with Gasteiger partial charge in [0.05, 0.1) is 0 Å². The van der Waals surface area contributed by atoms with E-state index in [-0.39, 0.29) is 30.7 Å². The highest BCUT2D eigenvalue weighted by Crippen LogP contribution is 2.17. The van der Waals surface area contributed by atoms with Crippen LogP contribution in [-0.2, 0) is 9.59 Å². The van der Waals surface area contributed by atoms with Gasteiger partial charge in [-0.25, -0.2) is 4.79 Å². The number of imide groups is 1. The summed E-state index contributed by atoms with van der Waals surface area (Å²) in [5.41, 5.74) is 0.104. The van der Waals surface area contributed by atoms with Gasteiger partial charge < -0.3 is 15.5 Å². The number of hydrogen-bond donors (Lipinski definition) is 2. The molecular formula is C18H24N4O4. The first kappa shape index (κ1) is 19.4. The quantitative estimate of drug-likeness (QED) is 0.750. The van der Waals surface area contributed by atoms with Crippen molar-refractivity contribution < 1.29 is 19.2 Å². The maximum absolute atomic E-state index is 12.1. The first-order chi connectivity index (χ1) is 12.1. The molecule has 0 atom stereocenters. The van der Waals surface area contributed by atoms with E-state index in [0.717, 1.165) is 4.90 Å². The summed E-state index contributed by atoms with van der Waals surface area (Å²) in [5.74, 6) is -0.689. The lowest BCUT2D eigenvalue weighted by Gasteiger charge is -2.15. The van der Waals surface area contributed by atoms with Gasteiger partial charge in [-0.05, 0) is 38.5 Å². The Morgan fingerprint density at radius 2 is 1.92 bits per heavy atom. The molecule has 0 unspecified atom stereocenters. The van der Waals surface area contributed by atoms with E-state index >= 15 is 0 Å². The minimum atomic E-state index is -0.904. The summed E-state index contributed by atoms with van der Waals surface area (Å²) in [6.45, 7) is 3.46. The number of nitrogens with one attached hydrogen (secondary N) is 2. The Bertz CT molecular complexity index is 742. The monoisotopic (exact) mass is 360 g/mol. The molecule has 26 heavy (non-hydrogen) atoms. The molecule has 1 saturated heterocycles. The summed E-state index contributed by atoms with van der Waals surface area (Å²) in [7, 11) is 3.31. The fourth-order valence-corrected chi connectivity index (χ4v) is 2.63. The third-order valence-electron chi connectivity index (χ3n) is 4.03. The van der Waals surface area contributed by atoms with E-state index in [0.29, 0.717) is 17.7 Å². The van der Waals surface area contributed by atoms with Crippen molar-refractivity contribution in [2.24, 2.45) is 0 Å². The summed E-state index contributed by atoms with van der Waals surface area (Å²) >= 11 is 0. The molecule has 2 N–H and O–H groups in total. The third-order valence-corrected chi connectivity index (χ3v) is 4.03. The van der Waals surface area contributed by atoms with E-state index < -0.39 is 11.6 Å². The van der Waals surface area contributed by atoms with Gasteiger partial charge in [-0.1, -0.05) is 6.07 Å². The zero-order valence-corrected chi connectivity index (χ0v) is 15.5. The van der Waals surface area contributed by atoms with Gasteiger partial charge in [0.25, 0.3) is 11.8 Å². The SMILES string of the molecule is CN(C)C(=O)c1cccc(NC(=O)CCCN2C(=O)NC(C)(C)C2=O)c1. The Hall–Kier alpha value is -2.90. The van der Waals surface area contributed by atoms with Crippen molar-refractivity contribution in [3.05, 3.63) is 29.8 Å². The van der Waals surface area contributed by atoms with Crippen molar-refractivity contribution in [3.8, 4) is 0 Å². The van der Waals surface area contributed by atoms with Crippen LogP contribution in [0.3, 0.4) is 0 Å². The lowest BCUT2D eigenvalue weighted by Crippen LogP contribution is -2.40. The number of nitrogens with zero attached hydrogens (tertiary/aromatic N) is 2. The van der Waals surface area contributed by atoms with Crippen LogP contribution in [0, 0.1) is 0 Å². The lowest BCUT2D eigenvalue weighted by atomic mass is 10.1. The van der Waals surface area contributed by atoms with Crippen molar-refractivity contribution in [1.82, 2.24) is 15.1 Å². The summed E-state index contributed by atoms with van der Waals surface area (Å²) in [4.78, 5) is 50.5. The molecule has 0 aromatic heterocycles. The van der Waals surface area contributed by atoms with E-state index in [2.05, 4.69) is 10.6 Å². The zero-order valence-electron chi connectivity index (χ0n) is 15.5. The molecule has 0 bridgehead atoms. The van der Waals surface area contributed by atoms with Gasteiger partial charge >= 0.3 is 6.03 Å². The van der Waals surface area contributed by atoms with Crippen LogP contribution in [0.4, 0.5) is 10.5 Å². The number of benzene rings is 1. The average molecular weight is 360 g/mol. The first-order valence-corrected chi connectivity index (χ1v) is 8.37. The Kier molecular flexibility index (Phi) is 5.64. The third kappa shape index (κ3) is 4.38. The molecular weight excluding hydrogens is 336 g/mol. The minimum absolute atomic E-state index is 0.151. The number of rotatable bonds is 6. The molecule has 2 rings (SSSR count). The smallest absolute Gasteiger partial charge is 0.325 e. The molecule has 8 heteroatoms. The Morgan fingerprint density at radius 1 is 1.23 bits per heavy atom. The Morgan fingerprint density at radius 3 is 2.50 bits per heavy atom. The number of carbonyl (C=O) groups is 4. The van der Waals surface area contributed by atoms with E-state index in [4.69, 9.17) is 0 Å². The molecule has 1 fully saturated rings. The molecule has 0 radical (unpaired) electrons. The maximum Gasteiger partial charge on any atom is 0.325 e. The molecule has 1 heterocycles. The zero-order chi connectivity index (χ0) is 19.5. The van der Waals surface area contributed by atoms with Gasteiger partial charge in [0.1, 0.15) is 5.54 Å². The predicted molar refractivity (Wildman–Crippen MR) is 96.6 cm³/mol. The number of urea groups is 1. The molecule has 0 saturated carbocycles. The van der Waals surface area contributed by atoms with Crippen LogP contribution in [0.5, 0.6) is 0 Å². The van der Waals surface area contributed by atoms with E-state index in [9.17, 15) is 19.2 Å². The molecule has 8 nitrogen and oxygen atoms in total. The second-order valence-electron chi connectivity index (χ2n) is 6.94. The van der Waals surface area contributed by atoms with E-state index in [1.807, 2.05) is 0 Å². The van der Waals surface area contributed by atoms with Crippen LogP contribution in [0.2, 0.25) is 0 Å². The highest BCUT2D eigenvalue weighted by atomic mass is 16.2. The standard InChI is InChI=1S/C18H24N4O4/c1-18(2)16(25)22(17(26)20-18)10-6-9-14(23)19-13-8-5-7-12(11-13)15(24)21(3)4/h5,7-8,11H,6,9-10H2,1-4H3,(H,19,23)(H,20,26).